The largest absolute Gasteiger partial charge is 0.492 e. The molecule has 0 unspecified atom stereocenters. The molecule has 0 radical (unpaired) electrons. The summed E-state index contributed by atoms with van der Waals surface area (Å²) in [6, 6.07) is 11.3. The molecule has 0 aliphatic carbocycles. The number of piperidine rings is 1. The summed E-state index contributed by atoms with van der Waals surface area (Å²) in [5.74, 6) is -0.247. The van der Waals surface area contributed by atoms with E-state index in [0.29, 0.717) is 36.6 Å². The van der Waals surface area contributed by atoms with Crippen molar-refractivity contribution in [3.8, 4) is 5.75 Å². The van der Waals surface area contributed by atoms with Crippen molar-refractivity contribution in [3.05, 3.63) is 47.5 Å². The molecule has 2 amide bonds. The van der Waals surface area contributed by atoms with Crippen molar-refractivity contribution < 1.29 is 22.7 Å². The molecule has 1 saturated heterocycles. The second-order valence-corrected chi connectivity index (χ2v) is 9.80. The van der Waals surface area contributed by atoms with Crippen LogP contribution in [0.15, 0.2) is 47.4 Å². The number of ether oxygens (including phenoxy) is 1. The zero-order valence-corrected chi connectivity index (χ0v) is 19.5. The number of benzene rings is 2. The third-order valence-electron chi connectivity index (χ3n) is 5.12. The Morgan fingerprint density at radius 2 is 1.75 bits per heavy atom. The van der Waals surface area contributed by atoms with E-state index in [9.17, 15) is 18.0 Å². The molecular formula is C22H26ClN3O5S. The van der Waals surface area contributed by atoms with Crippen LogP contribution in [-0.2, 0) is 19.6 Å². The number of carbonyl (C=O) groups excluding carboxylic acids is 2. The Labute approximate surface area is 192 Å². The van der Waals surface area contributed by atoms with Gasteiger partial charge in [0.2, 0.25) is 21.8 Å². The fourth-order valence-corrected chi connectivity index (χ4v) is 5.34. The molecule has 0 aromatic heterocycles. The van der Waals surface area contributed by atoms with Gasteiger partial charge in [0.25, 0.3) is 0 Å². The third-order valence-corrected chi connectivity index (χ3v) is 7.31. The van der Waals surface area contributed by atoms with Crippen LogP contribution in [0.3, 0.4) is 0 Å². The zero-order chi connectivity index (χ0) is 23.3. The topological polar surface area (TPSA) is 105 Å². The molecule has 2 aromatic carbocycles. The number of nitrogens with one attached hydrogen (secondary N) is 2. The van der Waals surface area contributed by atoms with Gasteiger partial charge in [-0.2, -0.15) is 4.31 Å². The lowest BCUT2D eigenvalue weighted by atomic mass is 9.97. The summed E-state index contributed by atoms with van der Waals surface area (Å²) in [5, 5.41) is 5.76. The Morgan fingerprint density at radius 1 is 1.09 bits per heavy atom. The molecule has 0 bridgehead atoms. The monoisotopic (exact) mass is 479 g/mol. The lowest BCUT2D eigenvalue weighted by Crippen LogP contribution is -2.41. The van der Waals surface area contributed by atoms with E-state index in [4.69, 9.17) is 16.3 Å². The molecule has 2 aromatic rings. The summed E-state index contributed by atoms with van der Waals surface area (Å²) >= 11 is 6.15. The quantitative estimate of drug-likeness (QED) is 0.629. The highest BCUT2D eigenvalue weighted by molar-refractivity contribution is 7.89. The summed E-state index contributed by atoms with van der Waals surface area (Å²) in [6.45, 7) is 4.13. The first-order valence-corrected chi connectivity index (χ1v) is 12.1. The maximum atomic E-state index is 13.0. The van der Waals surface area contributed by atoms with Crippen LogP contribution in [0.4, 0.5) is 11.4 Å². The molecule has 8 nitrogen and oxygen atoms in total. The Balaban J connectivity index is 1.61. The predicted octanol–water partition coefficient (Wildman–Crippen LogP) is 3.74. The first-order chi connectivity index (χ1) is 15.2. The molecule has 2 N–H and O–H groups in total. The molecule has 3 rings (SSSR count). The fourth-order valence-electron chi connectivity index (χ4n) is 3.54. The van der Waals surface area contributed by atoms with Crippen molar-refractivity contribution >= 4 is 44.8 Å². The van der Waals surface area contributed by atoms with Gasteiger partial charge in [-0.05, 0) is 56.2 Å². The van der Waals surface area contributed by atoms with E-state index >= 15 is 0 Å². The first kappa shape index (κ1) is 24.0. The summed E-state index contributed by atoms with van der Waals surface area (Å²) in [7, 11) is -3.72. The van der Waals surface area contributed by atoms with Gasteiger partial charge in [0.15, 0.2) is 0 Å². The van der Waals surface area contributed by atoms with E-state index in [0.717, 1.165) is 0 Å². The summed E-state index contributed by atoms with van der Waals surface area (Å²) in [6.07, 6.45) is 0.808. The fraction of sp³-hybridized carbons (Fsp3) is 0.364. The first-order valence-electron chi connectivity index (χ1n) is 10.3. The van der Waals surface area contributed by atoms with Crippen LogP contribution in [0, 0.1) is 5.92 Å². The van der Waals surface area contributed by atoms with Crippen LogP contribution >= 0.6 is 11.6 Å². The molecule has 32 heavy (non-hydrogen) atoms. The average Bonchev–Trinajstić information content (AvgIpc) is 2.75. The van der Waals surface area contributed by atoms with Crippen molar-refractivity contribution in [3.63, 3.8) is 0 Å². The van der Waals surface area contributed by atoms with Crippen LogP contribution in [0.25, 0.3) is 0 Å². The van der Waals surface area contributed by atoms with Gasteiger partial charge in [0.1, 0.15) is 5.75 Å². The average molecular weight is 480 g/mol. The maximum Gasteiger partial charge on any atom is 0.243 e. The van der Waals surface area contributed by atoms with E-state index in [2.05, 4.69) is 10.6 Å². The maximum absolute atomic E-state index is 13.0. The Bertz CT molecular complexity index is 1100. The molecule has 0 spiro atoms. The van der Waals surface area contributed by atoms with Crippen LogP contribution in [0.1, 0.15) is 26.7 Å². The van der Waals surface area contributed by atoms with Gasteiger partial charge < -0.3 is 15.4 Å². The molecule has 1 aliphatic heterocycles. The normalized spacial score (nSPS) is 15.2. The van der Waals surface area contributed by atoms with Gasteiger partial charge in [0, 0.05) is 37.3 Å². The minimum Gasteiger partial charge on any atom is -0.492 e. The zero-order valence-electron chi connectivity index (χ0n) is 17.9. The third kappa shape index (κ3) is 5.79. The molecule has 0 saturated carbocycles. The number of hydrogen-bond acceptors (Lipinski definition) is 5. The van der Waals surface area contributed by atoms with Gasteiger partial charge in [-0.15, -0.1) is 0 Å². The SMILES string of the molecule is CCOc1ccc(S(=O)(=O)N2CCC(C(=O)Nc3cccc(NC(C)=O)c3)CC2)cc1Cl. The summed E-state index contributed by atoms with van der Waals surface area (Å²) in [4.78, 5) is 24.0. The smallest absolute Gasteiger partial charge is 0.243 e. The molecular weight excluding hydrogens is 454 g/mol. The van der Waals surface area contributed by atoms with Crippen molar-refractivity contribution in [1.29, 1.82) is 0 Å². The van der Waals surface area contributed by atoms with Crippen LogP contribution in [0.2, 0.25) is 5.02 Å². The minimum atomic E-state index is -3.72. The van der Waals surface area contributed by atoms with E-state index in [1.165, 1.54) is 23.4 Å². The van der Waals surface area contributed by atoms with Gasteiger partial charge in [-0.1, -0.05) is 17.7 Å². The Kier molecular flexibility index (Phi) is 7.76. The molecule has 1 aliphatic rings. The molecule has 172 valence electrons. The van der Waals surface area contributed by atoms with Crippen molar-refractivity contribution in [1.82, 2.24) is 4.31 Å². The van der Waals surface area contributed by atoms with Crippen LogP contribution in [0.5, 0.6) is 5.75 Å². The molecule has 10 heteroatoms. The Hall–Kier alpha value is -2.62. The van der Waals surface area contributed by atoms with Gasteiger partial charge >= 0.3 is 0 Å². The number of amides is 2. The van der Waals surface area contributed by atoms with E-state index in [-0.39, 0.29) is 40.7 Å². The van der Waals surface area contributed by atoms with Crippen LogP contribution < -0.4 is 15.4 Å². The van der Waals surface area contributed by atoms with E-state index in [1.807, 2.05) is 6.92 Å². The number of sulfonamides is 1. The number of nitrogens with zero attached hydrogens (tertiary/aromatic N) is 1. The highest BCUT2D eigenvalue weighted by atomic mass is 35.5. The summed E-state index contributed by atoms with van der Waals surface area (Å²) < 4.78 is 32.7. The number of carbonyl (C=O) groups is 2. The van der Waals surface area contributed by atoms with Crippen LogP contribution in [-0.4, -0.2) is 44.2 Å². The molecule has 1 heterocycles. The number of rotatable bonds is 7. The lowest BCUT2D eigenvalue weighted by molar-refractivity contribution is -0.121. The van der Waals surface area contributed by atoms with Gasteiger partial charge in [-0.3, -0.25) is 9.59 Å². The number of anilines is 2. The minimum absolute atomic E-state index is 0.101. The van der Waals surface area contributed by atoms with E-state index in [1.54, 1.807) is 30.3 Å². The van der Waals surface area contributed by atoms with E-state index < -0.39 is 10.0 Å². The van der Waals surface area contributed by atoms with Crippen molar-refractivity contribution in [2.45, 2.75) is 31.6 Å². The Morgan fingerprint density at radius 3 is 2.34 bits per heavy atom. The second-order valence-electron chi connectivity index (χ2n) is 7.45. The van der Waals surface area contributed by atoms with Gasteiger partial charge in [-0.25, -0.2) is 8.42 Å². The predicted molar refractivity (Wildman–Crippen MR) is 123 cm³/mol. The standard InChI is InChI=1S/C22H26ClN3O5S/c1-3-31-21-8-7-19(14-20(21)23)32(29,30)26-11-9-16(10-12-26)22(28)25-18-6-4-5-17(13-18)24-15(2)27/h4-8,13-14,16H,3,9-12H2,1-2H3,(H,24,27)(H,25,28). The molecule has 0 atom stereocenters. The van der Waals surface area contributed by atoms with Gasteiger partial charge in [0.05, 0.1) is 16.5 Å². The van der Waals surface area contributed by atoms with Crippen molar-refractivity contribution in [2.75, 3.05) is 30.3 Å². The van der Waals surface area contributed by atoms with Crippen molar-refractivity contribution in [2.24, 2.45) is 5.92 Å². The summed E-state index contributed by atoms with van der Waals surface area (Å²) in [5.41, 5.74) is 1.16. The second kappa shape index (κ2) is 10.3. The highest BCUT2D eigenvalue weighted by Crippen LogP contribution is 2.30. The number of halogens is 1. The lowest BCUT2D eigenvalue weighted by Gasteiger charge is -2.30. The number of hydrogen-bond donors (Lipinski definition) is 2. The molecule has 1 fully saturated rings. The highest BCUT2D eigenvalue weighted by Gasteiger charge is 2.32.